The number of hydrogen-bond acceptors (Lipinski definition) is 7. The molecule has 1 amide bonds. The van der Waals surface area contributed by atoms with Crippen LogP contribution in [0.15, 0.2) is 71.0 Å². The van der Waals surface area contributed by atoms with Gasteiger partial charge >= 0.3 is 0 Å². The third kappa shape index (κ3) is 7.08. The molecule has 1 fully saturated rings. The van der Waals surface area contributed by atoms with Crippen molar-refractivity contribution in [2.24, 2.45) is 23.7 Å². The van der Waals surface area contributed by atoms with E-state index in [9.17, 15) is 9.59 Å². The van der Waals surface area contributed by atoms with Crippen molar-refractivity contribution in [1.82, 2.24) is 19.3 Å². The van der Waals surface area contributed by atoms with Crippen molar-refractivity contribution in [3.8, 4) is 17.5 Å². The number of aromatic nitrogens is 4. The van der Waals surface area contributed by atoms with Crippen molar-refractivity contribution >= 4 is 34.7 Å². The lowest BCUT2D eigenvalue weighted by Crippen LogP contribution is -2.28. The molecule has 4 aromatic rings. The number of nitrogens with two attached hydrogens (primary N) is 2. The van der Waals surface area contributed by atoms with Crippen LogP contribution in [0.4, 0.5) is 11.6 Å². The van der Waals surface area contributed by atoms with Crippen LogP contribution < -0.4 is 17.0 Å². The maximum atomic E-state index is 13.5. The standard InChI is InChI=1S/C25H26N2O2.C8H11N5O/c1-4-23-26-22-12-8-9-20(14-13-19-15-17(2)29-18(3)16-19)24(22)25(28)27(23)21-10-6-5-7-11-21;1-3-4-11-8-5(7(10)14)6(9)12-13(8)2/h5-12,17-19H,4,15-16H2,1-3H3;3-4H,1H2,2H3,(H2,9,12)(H2,10,14)/b;11-4-. The summed E-state index contributed by atoms with van der Waals surface area (Å²) in [7, 11) is 1.62. The van der Waals surface area contributed by atoms with Gasteiger partial charge in [0.05, 0.1) is 28.8 Å². The van der Waals surface area contributed by atoms with Gasteiger partial charge in [0, 0.05) is 31.2 Å². The summed E-state index contributed by atoms with van der Waals surface area (Å²) >= 11 is 0. The number of allylic oxidation sites excluding steroid dienone is 1. The van der Waals surface area contributed by atoms with Gasteiger partial charge in [-0.3, -0.25) is 14.2 Å². The maximum Gasteiger partial charge on any atom is 0.267 e. The summed E-state index contributed by atoms with van der Waals surface area (Å²) in [5, 5.41) is 4.42. The first kappa shape index (κ1) is 30.9. The number of ether oxygens (including phenoxy) is 1. The topological polar surface area (TPSA) is 143 Å². The lowest BCUT2D eigenvalue weighted by molar-refractivity contribution is -0.0419. The number of aliphatic imine (C=N–C) groups is 1. The van der Waals surface area contributed by atoms with Crippen LogP contribution in [-0.4, -0.2) is 43.7 Å². The molecule has 1 aliphatic heterocycles. The average Bonchev–Trinajstić information content (AvgIpc) is 3.27. The minimum absolute atomic E-state index is 0.0586. The fourth-order valence-corrected chi connectivity index (χ4v) is 5.21. The number of fused-ring (bicyclic) bond motifs is 1. The van der Waals surface area contributed by atoms with E-state index < -0.39 is 5.91 Å². The molecule has 2 atom stereocenters. The van der Waals surface area contributed by atoms with Crippen molar-refractivity contribution in [2.75, 3.05) is 5.73 Å². The first-order chi connectivity index (χ1) is 20.6. The Morgan fingerprint density at radius 1 is 1.16 bits per heavy atom. The molecule has 0 aliphatic carbocycles. The van der Waals surface area contributed by atoms with Crippen molar-refractivity contribution in [1.29, 1.82) is 0 Å². The molecule has 10 nitrogen and oxygen atoms in total. The number of nitrogens with zero attached hydrogens (tertiary/aromatic N) is 5. The second-order valence-electron chi connectivity index (χ2n) is 10.3. The summed E-state index contributed by atoms with van der Waals surface area (Å²) in [6.07, 6.45) is 5.87. The number of nitrogen functional groups attached to an aromatic ring is 1. The van der Waals surface area contributed by atoms with Crippen LogP contribution in [0.3, 0.4) is 0 Å². The normalized spacial score (nSPS) is 18.0. The van der Waals surface area contributed by atoms with Gasteiger partial charge in [-0.05, 0) is 51.0 Å². The van der Waals surface area contributed by atoms with Crippen molar-refractivity contribution in [2.45, 2.75) is 52.2 Å². The smallest absolute Gasteiger partial charge is 0.267 e. The van der Waals surface area contributed by atoms with E-state index in [4.69, 9.17) is 21.2 Å². The highest BCUT2D eigenvalue weighted by molar-refractivity contribution is 6.02. The Labute approximate surface area is 251 Å². The van der Waals surface area contributed by atoms with Gasteiger partial charge in [0.1, 0.15) is 11.4 Å². The van der Waals surface area contributed by atoms with E-state index in [-0.39, 0.29) is 35.1 Å². The molecule has 4 N–H and O–H groups in total. The van der Waals surface area contributed by atoms with Gasteiger partial charge in [-0.15, -0.1) is 0 Å². The molecular weight excluding hydrogens is 542 g/mol. The monoisotopic (exact) mass is 579 g/mol. The largest absolute Gasteiger partial charge is 0.381 e. The lowest BCUT2D eigenvalue weighted by Gasteiger charge is -2.29. The summed E-state index contributed by atoms with van der Waals surface area (Å²) in [5.74, 6) is 7.49. The number of carbonyl (C=O) groups is 1. The van der Waals surface area contributed by atoms with E-state index in [2.05, 4.69) is 42.4 Å². The number of anilines is 1. The number of primary amides is 1. The Hall–Kier alpha value is -5.01. The Balaban J connectivity index is 0.000000255. The van der Waals surface area contributed by atoms with Crippen molar-refractivity contribution in [3.63, 3.8) is 0 Å². The molecule has 10 heteroatoms. The van der Waals surface area contributed by atoms with E-state index in [1.165, 1.54) is 17.0 Å². The van der Waals surface area contributed by atoms with E-state index in [0.29, 0.717) is 23.1 Å². The molecule has 5 rings (SSSR count). The number of aryl methyl sites for hydroxylation is 2. The Bertz CT molecular complexity index is 1770. The van der Waals surface area contributed by atoms with Gasteiger partial charge < -0.3 is 16.2 Å². The Morgan fingerprint density at radius 2 is 1.86 bits per heavy atom. The molecule has 1 aliphatic rings. The van der Waals surface area contributed by atoms with E-state index in [0.717, 1.165) is 29.9 Å². The average molecular weight is 580 g/mol. The van der Waals surface area contributed by atoms with Gasteiger partial charge in [-0.1, -0.05) is 55.7 Å². The molecule has 2 aromatic heterocycles. The summed E-state index contributed by atoms with van der Waals surface area (Å²) in [4.78, 5) is 33.3. The Kier molecular flexibility index (Phi) is 9.91. The summed E-state index contributed by atoms with van der Waals surface area (Å²) in [6, 6.07) is 15.4. The predicted molar refractivity (Wildman–Crippen MR) is 171 cm³/mol. The third-order valence-electron chi connectivity index (χ3n) is 7.00. The fourth-order valence-electron chi connectivity index (χ4n) is 5.21. The zero-order valence-corrected chi connectivity index (χ0v) is 24.9. The minimum atomic E-state index is -0.646. The molecular formula is C33H37N7O3. The van der Waals surface area contributed by atoms with Gasteiger partial charge in [0.15, 0.2) is 11.6 Å². The van der Waals surface area contributed by atoms with Crippen molar-refractivity contribution < 1.29 is 9.53 Å². The summed E-state index contributed by atoms with van der Waals surface area (Å²) < 4.78 is 8.92. The van der Waals surface area contributed by atoms with E-state index in [1.807, 2.05) is 55.5 Å². The van der Waals surface area contributed by atoms with Crippen LogP contribution in [-0.2, 0) is 18.2 Å². The second-order valence-corrected chi connectivity index (χ2v) is 10.3. The quantitative estimate of drug-likeness (QED) is 0.263. The summed E-state index contributed by atoms with van der Waals surface area (Å²) in [6.45, 7) is 9.67. The Morgan fingerprint density at radius 3 is 2.49 bits per heavy atom. The second kappa shape index (κ2) is 13.8. The zero-order valence-electron chi connectivity index (χ0n) is 24.9. The molecule has 222 valence electrons. The first-order valence-corrected chi connectivity index (χ1v) is 14.2. The van der Waals surface area contributed by atoms with Crippen LogP contribution in [0.1, 0.15) is 55.4 Å². The zero-order chi connectivity index (χ0) is 31.1. The van der Waals surface area contributed by atoms with Crippen molar-refractivity contribution in [3.05, 3.63) is 88.5 Å². The molecule has 0 radical (unpaired) electrons. The van der Waals surface area contributed by atoms with Gasteiger partial charge in [0.2, 0.25) is 0 Å². The minimum Gasteiger partial charge on any atom is -0.381 e. The number of benzene rings is 2. The SMILES string of the molecule is C=C/C=N\c1c(C(N)=O)c(N)nn1C.CCc1nc2cccc(C#CC3CC(C)OC(C)C3)c2c(=O)n1-c1ccccc1. The molecule has 1 saturated heterocycles. The molecule has 0 spiro atoms. The first-order valence-electron chi connectivity index (χ1n) is 14.2. The molecule has 0 bridgehead atoms. The van der Waals surface area contributed by atoms with Gasteiger partial charge in [-0.2, -0.15) is 5.10 Å². The molecule has 3 heterocycles. The van der Waals surface area contributed by atoms with Gasteiger partial charge in [-0.25, -0.2) is 14.7 Å². The van der Waals surface area contributed by atoms with Crippen LogP contribution in [0, 0.1) is 17.8 Å². The number of carbonyl (C=O) groups excluding carboxylic acids is 1. The fraction of sp³-hybridized carbons (Fsp3) is 0.303. The van der Waals surface area contributed by atoms with E-state index in [1.54, 1.807) is 11.6 Å². The van der Waals surface area contributed by atoms with Crippen LogP contribution >= 0.6 is 0 Å². The number of amides is 1. The highest BCUT2D eigenvalue weighted by Crippen LogP contribution is 2.25. The summed E-state index contributed by atoms with van der Waals surface area (Å²) in [5.41, 5.74) is 13.0. The van der Waals surface area contributed by atoms with Crippen LogP contribution in [0.2, 0.25) is 0 Å². The lowest BCUT2D eigenvalue weighted by atomic mass is 9.93. The van der Waals surface area contributed by atoms with Crippen LogP contribution in [0.25, 0.3) is 16.6 Å². The third-order valence-corrected chi connectivity index (χ3v) is 7.00. The predicted octanol–water partition coefficient (Wildman–Crippen LogP) is 4.49. The van der Waals surface area contributed by atoms with Crippen LogP contribution in [0.5, 0.6) is 0 Å². The number of hydrogen-bond donors (Lipinski definition) is 2. The van der Waals surface area contributed by atoms with Gasteiger partial charge in [0.25, 0.3) is 11.5 Å². The highest BCUT2D eigenvalue weighted by atomic mass is 16.5. The maximum absolute atomic E-state index is 13.5. The highest BCUT2D eigenvalue weighted by Gasteiger charge is 2.23. The number of para-hydroxylation sites is 1. The molecule has 0 saturated carbocycles. The molecule has 2 unspecified atom stereocenters. The molecule has 2 aromatic carbocycles. The molecule has 43 heavy (non-hydrogen) atoms. The number of rotatable bonds is 5. The van der Waals surface area contributed by atoms with E-state index >= 15 is 0 Å².